The fourth-order valence-electron chi connectivity index (χ4n) is 2.00. The second-order valence-corrected chi connectivity index (χ2v) is 4.72. The Kier molecular flexibility index (Phi) is 3.26. The molecule has 0 saturated carbocycles. The Bertz CT molecular complexity index is 364. The van der Waals surface area contributed by atoms with E-state index >= 15 is 0 Å². The van der Waals surface area contributed by atoms with Gasteiger partial charge in [0, 0.05) is 18.0 Å². The van der Waals surface area contributed by atoms with Gasteiger partial charge in [-0.25, -0.2) is 4.39 Å². The molecule has 1 fully saturated rings. The summed E-state index contributed by atoms with van der Waals surface area (Å²) < 4.78 is 13.6. The first-order chi connectivity index (χ1) is 7.18. The summed E-state index contributed by atoms with van der Waals surface area (Å²) in [6.07, 6.45) is 2.07. The maximum absolute atomic E-state index is 13.3. The zero-order chi connectivity index (χ0) is 10.8. The van der Waals surface area contributed by atoms with Crippen molar-refractivity contribution in [2.75, 3.05) is 13.1 Å². The van der Waals surface area contributed by atoms with Crippen LogP contribution in [-0.2, 0) is 0 Å². The number of nitrogens with one attached hydrogen (secondary N) is 1. The van der Waals surface area contributed by atoms with E-state index in [1.807, 2.05) is 0 Å². The lowest BCUT2D eigenvalue weighted by Gasteiger charge is -2.23. The number of benzene rings is 1. The molecule has 4 heteroatoms. The number of phenolic OH excluding ortho intramolecular Hbond substituents is 1. The molecule has 2 nitrogen and oxygen atoms in total. The highest BCUT2D eigenvalue weighted by atomic mass is 79.9. The molecule has 1 heterocycles. The molecule has 1 aliphatic heterocycles. The van der Waals surface area contributed by atoms with E-state index in [-0.39, 0.29) is 17.5 Å². The summed E-state index contributed by atoms with van der Waals surface area (Å²) in [6, 6.07) is 2.86. The van der Waals surface area contributed by atoms with Gasteiger partial charge in [0.05, 0.1) is 4.47 Å². The first kappa shape index (κ1) is 10.9. The van der Waals surface area contributed by atoms with Gasteiger partial charge in [0.25, 0.3) is 0 Å². The number of halogens is 2. The largest absolute Gasteiger partial charge is 0.508 e. The molecule has 1 unspecified atom stereocenters. The van der Waals surface area contributed by atoms with Gasteiger partial charge < -0.3 is 10.4 Å². The van der Waals surface area contributed by atoms with Crippen LogP contribution in [0, 0.1) is 5.82 Å². The molecular weight excluding hydrogens is 261 g/mol. The Labute approximate surface area is 96.6 Å². The lowest BCUT2D eigenvalue weighted by Crippen LogP contribution is -2.28. The van der Waals surface area contributed by atoms with Crippen LogP contribution in [0.4, 0.5) is 4.39 Å². The quantitative estimate of drug-likeness (QED) is 0.825. The Morgan fingerprint density at radius 1 is 1.47 bits per heavy atom. The van der Waals surface area contributed by atoms with Gasteiger partial charge in [-0.2, -0.15) is 0 Å². The van der Waals surface area contributed by atoms with Crippen molar-refractivity contribution in [2.24, 2.45) is 0 Å². The molecule has 1 aromatic rings. The van der Waals surface area contributed by atoms with Gasteiger partial charge >= 0.3 is 0 Å². The monoisotopic (exact) mass is 273 g/mol. The molecule has 2 rings (SSSR count). The highest BCUT2D eigenvalue weighted by Crippen LogP contribution is 2.33. The van der Waals surface area contributed by atoms with Crippen LogP contribution < -0.4 is 5.32 Å². The summed E-state index contributed by atoms with van der Waals surface area (Å²) in [5.74, 6) is 0.0895. The van der Waals surface area contributed by atoms with Crippen molar-refractivity contribution in [1.82, 2.24) is 5.32 Å². The van der Waals surface area contributed by atoms with E-state index in [4.69, 9.17) is 0 Å². The van der Waals surface area contributed by atoms with Crippen molar-refractivity contribution >= 4 is 15.9 Å². The molecule has 15 heavy (non-hydrogen) atoms. The summed E-state index contributed by atoms with van der Waals surface area (Å²) in [7, 11) is 0. The van der Waals surface area contributed by atoms with E-state index in [9.17, 15) is 9.50 Å². The number of hydrogen-bond acceptors (Lipinski definition) is 2. The van der Waals surface area contributed by atoms with Crippen molar-refractivity contribution in [3.8, 4) is 5.75 Å². The Morgan fingerprint density at radius 3 is 2.93 bits per heavy atom. The van der Waals surface area contributed by atoms with Crippen LogP contribution >= 0.6 is 15.9 Å². The topological polar surface area (TPSA) is 32.3 Å². The minimum atomic E-state index is -0.312. The van der Waals surface area contributed by atoms with Crippen LogP contribution in [0.25, 0.3) is 0 Å². The van der Waals surface area contributed by atoms with Crippen molar-refractivity contribution in [2.45, 2.75) is 18.8 Å². The summed E-state index contributed by atoms with van der Waals surface area (Å²) in [4.78, 5) is 0. The lowest BCUT2D eigenvalue weighted by molar-refractivity contribution is 0.422. The van der Waals surface area contributed by atoms with Gasteiger partial charge in [0.15, 0.2) is 0 Å². The van der Waals surface area contributed by atoms with E-state index < -0.39 is 0 Å². The molecule has 0 spiro atoms. The van der Waals surface area contributed by atoms with Crippen molar-refractivity contribution in [3.63, 3.8) is 0 Å². The number of aromatic hydroxyl groups is 1. The molecule has 0 bridgehead atoms. The van der Waals surface area contributed by atoms with Gasteiger partial charge in [0.1, 0.15) is 11.6 Å². The van der Waals surface area contributed by atoms with Crippen molar-refractivity contribution in [3.05, 3.63) is 28.0 Å². The fourth-order valence-corrected chi connectivity index (χ4v) is 2.33. The van der Waals surface area contributed by atoms with Crippen molar-refractivity contribution < 1.29 is 9.50 Å². The maximum Gasteiger partial charge on any atom is 0.137 e. The second kappa shape index (κ2) is 4.49. The smallest absolute Gasteiger partial charge is 0.137 e. The van der Waals surface area contributed by atoms with Crippen LogP contribution in [0.2, 0.25) is 0 Å². The Hall–Kier alpha value is -0.610. The molecule has 0 aromatic heterocycles. The van der Waals surface area contributed by atoms with Crippen LogP contribution in [-0.4, -0.2) is 18.2 Å². The summed E-state index contributed by atoms with van der Waals surface area (Å²) >= 11 is 3.05. The number of piperidine rings is 1. The van der Waals surface area contributed by atoms with Gasteiger partial charge in [-0.05, 0) is 47.4 Å². The molecule has 1 aliphatic rings. The van der Waals surface area contributed by atoms with E-state index in [1.165, 1.54) is 12.1 Å². The number of phenols is 1. The van der Waals surface area contributed by atoms with Gasteiger partial charge in [-0.3, -0.25) is 0 Å². The molecule has 0 aliphatic carbocycles. The maximum atomic E-state index is 13.3. The van der Waals surface area contributed by atoms with Crippen LogP contribution in [0.3, 0.4) is 0 Å². The zero-order valence-corrected chi connectivity index (χ0v) is 9.85. The van der Waals surface area contributed by atoms with Crippen LogP contribution in [0.5, 0.6) is 5.75 Å². The third kappa shape index (κ3) is 2.32. The standard InChI is InChI=1S/C11H13BrFNO/c12-9-5-11(15)8(4-10(9)13)7-2-1-3-14-6-7/h4-5,7,14-15H,1-3,6H2. The molecular formula is C11H13BrFNO. The first-order valence-corrected chi connectivity index (χ1v) is 5.86. The normalized spacial score (nSPS) is 21.6. The minimum Gasteiger partial charge on any atom is -0.508 e. The van der Waals surface area contributed by atoms with Crippen LogP contribution in [0.1, 0.15) is 24.3 Å². The number of hydrogen-bond donors (Lipinski definition) is 2. The van der Waals surface area contributed by atoms with E-state index in [0.29, 0.717) is 10.0 Å². The molecule has 2 N–H and O–H groups in total. The highest BCUT2D eigenvalue weighted by molar-refractivity contribution is 9.10. The highest BCUT2D eigenvalue weighted by Gasteiger charge is 2.19. The van der Waals surface area contributed by atoms with E-state index in [1.54, 1.807) is 0 Å². The van der Waals surface area contributed by atoms with Crippen LogP contribution in [0.15, 0.2) is 16.6 Å². The van der Waals surface area contributed by atoms with Gasteiger partial charge in [-0.15, -0.1) is 0 Å². The Morgan fingerprint density at radius 2 is 2.27 bits per heavy atom. The lowest BCUT2D eigenvalue weighted by atomic mass is 9.91. The summed E-state index contributed by atoms with van der Waals surface area (Å²) in [5.41, 5.74) is 0.711. The molecule has 1 aromatic carbocycles. The first-order valence-electron chi connectivity index (χ1n) is 5.07. The second-order valence-electron chi connectivity index (χ2n) is 3.87. The summed E-state index contributed by atoms with van der Waals surface area (Å²) in [5, 5.41) is 13.0. The third-order valence-electron chi connectivity index (χ3n) is 2.81. The predicted octanol–water partition coefficient (Wildman–Crippen LogP) is 2.76. The molecule has 82 valence electrons. The zero-order valence-electron chi connectivity index (χ0n) is 8.26. The molecule has 1 atom stereocenters. The molecule has 0 amide bonds. The van der Waals surface area contributed by atoms with E-state index in [0.717, 1.165) is 25.9 Å². The van der Waals surface area contributed by atoms with Gasteiger partial charge in [-0.1, -0.05) is 0 Å². The fraction of sp³-hybridized carbons (Fsp3) is 0.455. The van der Waals surface area contributed by atoms with E-state index in [2.05, 4.69) is 21.2 Å². The molecule has 1 saturated heterocycles. The SMILES string of the molecule is Oc1cc(Br)c(F)cc1C1CCCNC1. The minimum absolute atomic E-state index is 0.178. The molecule has 0 radical (unpaired) electrons. The van der Waals surface area contributed by atoms with Gasteiger partial charge in [0.2, 0.25) is 0 Å². The predicted molar refractivity (Wildman–Crippen MR) is 60.6 cm³/mol. The Balaban J connectivity index is 2.30. The third-order valence-corrected chi connectivity index (χ3v) is 3.41. The number of rotatable bonds is 1. The summed E-state index contributed by atoms with van der Waals surface area (Å²) in [6.45, 7) is 1.82. The van der Waals surface area contributed by atoms with Crippen molar-refractivity contribution in [1.29, 1.82) is 0 Å². The average Bonchev–Trinajstić information content (AvgIpc) is 2.25. The average molecular weight is 274 g/mol.